The molecule has 5 atom stereocenters. The number of nitrogens with one attached hydrogen (secondary N) is 3. The van der Waals surface area contributed by atoms with Crippen LogP contribution in [0, 0.1) is 11.3 Å². The molecule has 61 heavy (non-hydrogen) atoms. The summed E-state index contributed by atoms with van der Waals surface area (Å²) in [6.45, 7) is 8.98. The highest BCUT2D eigenvalue weighted by Crippen LogP contribution is 2.50. The fourth-order valence-corrected chi connectivity index (χ4v) is 8.51. The van der Waals surface area contributed by atoms with Gasteiger partial charge in [0.05, 0.1) is 35.7 Å². The van der Waals surface area contributed by atoms with Gasteiger partial charge in [0.25, 0.3) is 5.91 Å². The molecule has 2 aliphatic carbocycles. The molecule has 2 aromatic rings. The van der Waals surface area contributed by atoms with Gasteiger partial charge >= 0.3 is 28.8 Å². The van der Waals surface area contributed by atoms with Crippen molar-refractivity contribution in [1.29, 1.82) is 0 Å². The number of benzene rings is 1. The number of nitrogens with zero attached hydrogens (tertiary/aromatic N) is 2. The Balaban J connectivity index is 1.46. The van der Waals surface area contributed by atoms with Crippen molar-refractivity contribution in [2.45, 2.75) is 134 Å². The number of pyridine rings is 1. The lowest BCUT2D eigenvalue weighted by molar-refractivity contribution is -0.244. The first kappa shape index (κ1) is 47.7. The monoisotopic (exact) mass is 915 g/mol. The molecule has 3 aliphatic rings. The summed E-state index contributed by atoms with van der Waals surface area (Å²) in [6, 6.07) is 3.23. The van der Waals surface area contributed by atoms with Gasteiger partial charge in [0, 0.05) is 17.9 Å². The topological polar surface area (TPSA) is 192 Å². The Bertz CT molecular complexity index is 2150. The molecule has 2 saturated carbocycles. The Hall–Kier alpha value is -4.31. The zero-order valence-electron chi connectivity index (χ0n) is 34.3. The van der Waals surface area contributed by atoms with Gasteiger partial charge < -0.3 is 29.7 Å². The second-order valence-corrected chi connectivity index (χ2v) is 18.8. The summed E-state index contributed by atoms with van der Waals surface area (Å²) in [7, 11) is -5.12. The molecule has 1 aromatic carbocycles. The molecule has 3 N–H and O–H groups in total. The number of aromatic nitrogens is 1. The summed E-state index contributed by atoms with van der Waals surface area (Å²) in [4.78, 5) is 61.0. The van der Waals surface area contributed by atoms with Crippen molar-refractivity contribution in [2.24, 2.45) is 11.3 Å². The fraction of sp³-hybridized carbons (Fsp3) is 0.658. The van der Waals surface area contributed by atoms with Crippen LogP contribution in [0.15, 0.2) is 24.3 Å². The summed E-state index contributed by atoms with van der Waals surface area (Å²) in [5, 5.41) is 5.46. The van der Waals surface area contributed by atoms with Gasteiger partial charge in [-0.3, -0.25) is 14.4 Å². The normalized spacial score (nSPS) is 23.2. The van der Waals surface area contributed by atoms with Crippen LogP contribution in [0.3, 0.4) is 0 Å². The number of alkyl carbamates (subject to hydrolysis) is 1. The third kappa shape index (κ3) is 11.0. The number of hydrogen-bond donors (Lipinski definition) is 3. The molecule has 1 saturated heterocycles. The molecule has 4 amide bonds. The van der Waals surface area contributed by atoms with Crippen LogP contribution < -0.4 is 24.8 Å². The first-order chi connectivity index (χ1) is 28.0. The van der Waals surface area contributed by atoms with Crippen molar-refractivity contribution in [3.8, 4) is 11.6 Å². The van der Waals surface area contributed by atoms with Gasteiger partial charge in [-0.2, -0.15) is 34.8 Å². The van der Waals surface area contributed by atoms with E-state index in [1.54, 1.807) is 36.8 Å². The number of amides is 4. The predicted octanol–water partition coefficient (Wildman–Crippen LogP) is 6.26. The average molecular weight is 916 g/mol. The number of fused-ring (bicyclic) bond motifs is 1. The fourth-order valence-electron chi connectivity index (χ4n) is 7.15. The number of rotatable bonds is 15. The first-order valence-electron chi connectivity index (χ1n) is 19.4. The van der Waals surface area contributed by atoms with Crippen LogP contribution >= 0.6 is 11.6 Å². The van der Waals surface area contributed by atoms with Crippen molar-refractivity contribution >= 4 is 56.6 Å². The summed E-state index contributed by atoms with van der Waals surface area (Å²) >= 11 is 6.44. The van der Waals surface area contributed by atoms with Crippen LogP contribution in [0.1, 0.15) is 87.0 Å². The third-order valence-corrected chi connectivity index (χ3v) is 12.1. The van der Waals surface area contributed by atoms with Crippen LogP contribution in [-0.4, -0.2) is 103 Å². The minimum atomic E-state index is -5.12. The Labute approximate surface area is 353 Å². The number of ether oxygens (including phenoxy) is 3. The lowest BCUT2D eigenvalue weighted by Crippen LogP contribution is -2.60. The molecule has 5 rings (SSSR count). The lowest BCUT2D eigenvalue weighted by Gasteiger charge is -2.36. The number of carbonyl (C=O) groups excluding carboxylic acids is 4. The highest BCUT2D eigenvalue weighted by atomic mass is 35.5. The summed E-state index contributed by atoms with van der Waals surface area (Å²) in [5.74, 6) is -3.55. The maximum atomic E-state index is 14.6. The van der Waals surface area contributed by atoms with Crippen molar-refractivity contribution in [2.75, 3.05) is 13.2 Å². The van der Waals surface area contributed by atoms with Crippen LogP contribution in [0.4, 0.5) is 31.1 Å². The smallest absolute Gasteiger partial charge is 0.427 e. The quantitative estimate of drug-likeness (QED) is 0.171. The third-order valence-electron chi connectivity index (χ3n) is 10.8. The number of halogens is 7. The van der Waals surface area contributed by atoms with E-state index < -0.39 is 99.2 Å². The molecule has 0 unspecified atom stereocenters. The molecular formula is C38H48ClF6N5O10S. The summed E-state index contributed by atoms with van der Waals surface area (Å²) in [6.07, 6.45) is -14.5. The van der Waals surface area contributed by atoms with E-state index in [0.29, 0.717) is 24.8 Å². The Morgan fingerprint density at radius 2 is 1.69 bits per heavy atom. The molecule has 0 radical (unpaired) electrons. The molecule has 340 valence electrons. The molecule has 23 heteroatoms. The van der Waals surface area contributed by atoms with E-state index >= 15 is 0 Å². The molecule has 1 aromatic heterocycles. The minimum Gasteiger partial charge on any atom is -0.488 e. The SMILES string of the molecule is CCOc1cc(O[C@@H]2C[C@@H](C(=O)N[C@]3(C(=O)NS(=O)(=O)OC4(CC(F)(F)F)CC4)C[C@H]3CC)N(C(=O)[C@@H](NC(=O)OC(C)(C)C(F)(F)F)C(C)(C)C)C2)c2cccc(Cl)c2n1. The van der Waals surface area contributed by atoms with Crippen LogP contribution in [0.2, 0.25) is 5.02 Å². The van der Waals surface area contributed by atoms with Crippen molar-refractivity contribution in [3.63, 3.8) is 0 Å². The molecule has 15 nitrogen and oxygen atoms in total. The Kier molecular flexibility index (Phi) is 13.1. The molecule has 0 bridgehead atoms. The average Bonchev–Trinajstić information content (AvgIpc) is 3.98. The number of para-hydroxylation sites is 1. The van der Waals surface area contributed by atoms with E-state index in [-0.39, 0.29) is 61.9 Å². The molecular weight excluding hydrogens is 868 g/mol. The van der Waals surface area contributed by atoms with Crippen LogP contribution in [0.5, 0.6) is 11.6 Å². The van der Waals surface area contributed by atoms with E-state index in [0.717, 1.165) is 4.90 Å². The number of alkyl halides is 6. The van der Waals surface area contributed by atoms with Crippen LogP contribution in [0.25, 0.3) is 10.9 Å². The minimum absolute atomic E-state index is 0.0954. The predicted molar refractivity (Wildman–Crippen MR) is 206 cm³/mol. The molecule has 2 heterocycles. The Morgan fingerprint density at radius 3 is 2.23 bits per heavy atom. The Morgan fingerprint density at radius 1 is 1.03 bits per heavy atom. The number of carbonyl (C=O) groups is 4. The van der Waals surface area contributed by atoms with Crippen molar-refractivity contribution < 1.29 is 72.3 Å². The standard InChI is InChI=1S/C38H48ClF6N5O10S/c1-8-20-17-36(20,31(53)49-61(55,56)60-35(13-14-35)19-37(40,41)42)48-29(51)24-15-21(58-25-16-26(57-9-2)46-27-22(25)11-10-12-23(27)39)18-50(24)30(52)28(33(3,4)5)47-32(54)59-34(6,7)38(43,44)45/h10-12,16,20-21,24,28H,8-9,13-15,17-19H2,1-7H3,(H,47,54)(H,48,51)(H,49,53)/t20-,21-,24+,28-,36-/m1/s1. The van der Waals surface area contributed by atoms with E-state index in [4.69, 9.17) is 25.3 Å². The van der Waals surface area contributed by atoms with Gasteiger partial charge in [0.1, 0.15) is 29.5 Å². The number of hydrogen-bond acceptors (Lipinski definition) is 11. The second-order valence-electron chi connectivity index (χ2n) is 17.1. The molecule has 3 fully saturated rings. The maximum Gasteiger partial charge on any atom is 0.427 e. The van der Waals surface area contributed by atoms with Gasteiger partial charge in [-0.05, 0) is 63.5 Å². The van der Waals surface area contributed by atoms with E-state index in [1.165, 1.54) is 26.8 Å². The van der Waals surface area contributed by atoms with Gasteiger partial charge in [-0.15, -0.1) is 0 Å². The first-order valence-corrected chi connectivity index (χ1v) is 21.2. The van der Waals surface area contributed by atoms with Crippen molar-refractivity contribution in [3.05, 3.63) is 29.3 Å². The van der Waals surface area contributed by atoms with Gasteiger partial charge in [0.2, 0.25) is 23.3 Å². The van der Waals surface area contributed by atoms with Gasteiger partial charge in [-0.1, -0.05) is 51.8 Å². The summed E-state index contributed by atoms with van der Waals surface area (Å²) < 4.78 is 129. The second kappa shape index (κ2) is 16.8. The van der Waals surface area contributed by atoms with E-state index in [9.17, 15) is 53.9 Å². The van der Waals surface area contributed by atoms with E-state index in [2.05, 4.69) is 20.4 Å². The number of likely N-dealkylation sites (tertiary alicyclic amines) is 1. The molecule has 0 spiro atoms. The highest BCUT2D eigenvalue weighted by molar-refractivity contribution is 7.85. The molecule has 1 aliphatic heterocycles. The van der Waals surface area contributed by atoms with Gasteiger partial charge in [0.15, 0.2) is 0 Å². The van der Waals surface area contributed by atoms with Crippen molar-refractivity contribution in [1.82, 2.24) is 25.2 Å². The largest absolute Gasteiger partial charge is 0.488 e. The highest BCUT2D eigenvalue weighted by Gasteiger charge is 2.63. The maximum absolute atomic E-state index is 14.6. The lowest BCUT2D eigenvalue weighted by atomic mass is 9.85. The zero-order valence-corrected chi connectivity index (χ0v) is 35.9. The summed E-state index contributed by atoms with van der Waals surface area (Å²) in [5.41, 5.74) is -7.85. The van der Waals surface area contributed by atoms with E-state index in [1.807, 2.05) is 0 Å². The zero-order chi connectivity index (χ0) is 45.7. The van der Waals surface area contributed by atoms with Crippen LogP contribution in [-0.2, 0) is 33.6 Å². The van der Waals surface area contributed by atoms with Gasteiger partial charge in [-0.25, -0.2) is 18.7 Å².